The fourth-order valence-corrected chi connectivity index (χ4v) is 3.26. The molecule has 7 nitrogen and oxygen atoms in total. The van der Waals surface area contributed by atoms with Crippen LogP contribution < -0.4 is 9.04 Å². The minimum atomic E-state index is -3.30. The van der Waals surface area contributed by atoms with Crippen molar-refractivity contribution in [2.24, 2.45) is 5.92 Å². The number of nitrogens with zero attached hydrogens (tertiary/aromatic N) is 3. The van der Waals surface area contributed by atoms with Crippen LogP contribution in [0, 0.1) is 5.92 Å². The zero-order chi connectivity index (χ0) is 17.3. The van der Waals surface area contributed by atoms with Crippen LogP contribution in [-0.2, 0) is 14.8 Å². The number of carbonyl (C=O) groups is 1. The molecule has 1 aliphatic carbocycles. The van der Waals surface area contributed by atoms with Crippen molar-refractivity contribution in [3.8, 4) is 5.88 Å². The highest BCUT2D eigenvalue weighted by atomic mass is 32.2. The molecule has 0 unspecified atom stereocenters. The molecule has 2 heterocycles. The van der Waals surface area contributed by atoms with E-state index in [2.05, 4.69) is 4.98 Å². The first-order chi connectivity index (χ1) is 11.3. The first-order valence-corrected chi connectivity index (χ1v) is 10.0. The SMILES string of the molecule is CN(c1ccc(OC2CCN(C(=O)C3CC3)CC2)nc1)S(C)(=O)=O. The normalized spacial score (nSPS) is 19.2. The van der Waals surface area contributed by atoms with Crippen molar-refractivity contribution in [3.05, 3.63) is 18.3 Å². The smallest absolute Gasteiger partial charge is 0.232 e. The van der Waals surface area contributed by atoms with E-state index in [0.717, 1.165) is 45.0 Å². The number of pyridine rings is 1. The molecular formula is C16H23N3O4S. The van der Waals surface area contributed by atoms with E-state index in [9.17, 15) is 13.2 Å². The van der Waals surface area contributed by atoms with Crippen molar-refractivity contribution in [1.29, 1.82) is 0 Å². The first kappa shape index (κ1) is 17.0. The molecule has 0 radical (unpaired) electrons. The number of sulfonamides is 1. The van der Waals surface area contributed by atoms with Gasteiger partial charge in [0.2, 0.25) is 21.8 Å². The molecule has 3 rings (SSSR count). The van der Waals surface area contributed by atoms with Crippen LogP contribution in [0.15, 0.2) is 18.3 Å². The molecule has 2 aliphatic rings. The Balaban J connectivity index is 1.52. The minimum absolute atomic E-state index is 0.0410. The number of piperidine rings is 1. The molecular weight excluding hydrogens is 330 g/mol. The van der Waals surface area contributed by atoms with Gasteiger partial charge in [0, 0.05) is 45.0 Å². The zero-order valence-electron chi connectivity index (χ0n) is 14.0. The Bertz CT molecular complexity index is 693. The summed E-state index contributed by atoms with van der Waals surface area (Å²) in [5.41, 5.74) is 0.495. The van der Waals surface area contributed by atoms with E-state index >= 15 is 0 Å². The number of aromatic nitrogens is 1. The molecule has 1 aromatic heterocycles. The van der Waals surface area contributed by atoms with Crippen LogP contribution >= 0.6 is 0 Å². The van der Waals surface area contributed by atoms with Gasteiger partial charge < -0.3 is 9.64 Å². The summed E-state index contributed by atoms with van der Waals surface area (Å²) in [5.74, 6) is 1.04. The highest BCUT2D eigenvalue weighted by Gasteiger charge is 2.35. The van der Waals surface area contributed by atoms with E-state index in [1.54, 1.807) is 12.1 Å². The fraction of sp³-hybridized carbons (Fsp3) is 0.625. The average molecular weight is 353 g/mol. The van der Waals surface area contributed by atoms with Crippen LogP contribution in [0.1, 0.15) is 25.7 Å². The lowest BCUT2D eigenvalue weighted by Gasteiger charge is -2.32. The molecule has 1 aromatic rings. The molecule has 0 atom stereocenters. The lowest BCUT2D eigenvalue weighted by molar-refractivity contribution is -0.134. The highest BCUT2D eigenvalue weighted by molar-refractivity contribution is 7.92. The van der Waals surface area contributed by atoms with Crippen LogP contribution in [0.5, 0.6) is 5.88 Å². The summed E-state index contributed by atoms with van der Waals surface area (Å²) in [6.45, 7) is 1.46. The summed E-state index contributed by atoms with van der Waals surface area (Å²) in [6, 6.07) is 3.36. The summed E-state index contributed by atoms with van der Waals surface area (Å²) in [4.78, 5) is 18.2. The van der Waals surface area contributed by atoms with Gasteiger partial charge in [-0.3, -0.25) is 9.10 Å². The van der Waals surface area contributed by atoms with Crippen molar-refractivity contribution in [2.75, 3.05) is 30.7 Å². The third-order valence-corrected chi connectivity index (χ3v) is 5.76. The van der Waals surface area contributed by atoms with Crippen molar-refractivity contribution in [3.63, 3.8) is 0 Å². The van der Waals surface area contributed by atoms with Gasteiger partial charge in [0.15, 0.2) is 0 Å². The van der Waals surface area contributed by atoms with Crippen molar-refractivity contribution >= 4 is 21.6 Å². The Labute approximate surface area is 142 Å². The molecule has 0 bridgehead atoms. The maximum Gasteiger partial charge on any atom is 0.232 e. The number of carbonyl (C=O) groups excluding carboxylic acids is 1. The van der Waals surface area contributed by atoms with Crippen LogP contribution in [0.4, 0.5) is 5.69 Å². The van der Waals surface area contributed by atoms with Gasteiger partial charge >= 0.3 is 0 Å². The van der Waals surface area contributed by atoms with Gasteiger partial charge in [-0.2, -0.15) is 0 Å². The molecule has 24 heavy (non-hydrogen) atoms. The zero-order valence-corrected chi connectivity index (χ0v) is 14.8. The van der Waals surface area contributed by atoms with E-state index in [4.69, 9.17) is 4.74 Å². The monoisotopic (exact) mass is 353 g/mol. The summed E-state index contributed by atoms with van der Waals surface area (Å²) in [6.07, 6.45) is 6.34. The predicted molar refractivity (Wildman–Crippen MR) is 90.4 cm³/mol. The average Bonchev–Trinajstić information content (AvgIpc) is 3.39. The largest absolute Gasteiger partial charge is 0.474 e. The summed E-state index contributed by atoms with van der Waals surface area (Å²) >= 11 is 0. The maximum atomic E-state index is 12.0. The molecule has 132 valence electrons. The summed E-state index contributed by atoms with van der Waals surface area (Å²) in [7, 11) is -1.81. The molecule has 1 aliphatic heterocycles. The molecule has 8 heteroatoms. The molecule has 0 spiro atoms. The molecule has 1 saturated carbocycles. The van der Waals surface area contributed by atoms with E-state index in [0.29, 0.717) is 17.5 Å². The molecule has 1 saturated heterocycles. The lowest BCUT2D eigenvalue weighted by Crippen LogP contribution is -2.42. The van der Waals surface area contributed by atoms with Crippen molar-refractivity contribution < 1.29 is 17.9 Å². The first-order valence-electron chi connectivity index (χ1n) is 8.20. The van der Waals surface area contributed by atoms with Crippen LogP contribution in [0.25, 0.3) is 0 Å². The standard InChI is InChI=1S/C16H23N3O4S/c1-18(24(2,21)22)13-5-6-15(17-11-13)23-14-7-9-19(10-8-14)16(20)12-3-4-12/h5-6,11-12,14H,3-4,7-10H2,1-2H3. The number of hydrogen-bond donors (Lipinski definition) is 0. The van der Waals surface area contributed by atoms with Gasteiger partial charge in [-0.05, 0) is 18.9 Å². The molecule has 0 N–H and O–H groups in total. The van der Waals surface area contributed by atoms with E-state index < -0.39 is 10.0 Å². The van der Waals surface area contributed by atoms with E-state index in [-0.39, 0.29) is 12.0 Å². The quantitative estimate of drug-likeness (QED) is 0.796. The minimum Gasteiger partial charge on any atom is -0.474 e. The number of hydrogen-bond acceptors (Lipinski definition) is 5. The second kappa shape index (κ2) is 6.58. The maximum absolute atomic E-state index is 12.0. The van der Waals surface area contributed by atoms with E-state index in [1.807, 2.05) is 4.90 Å². The van der Waals surface area contributed by atoms with Gasteiger partial charge in [0.1, 0.15) is 6.10 Å². The summed E-state index contributed by atoms with van der Waals surface area (Å²) < 4.78 is 30.0. The topological polar surface area (TPSA) is 79.8 Å². The number of likely N-dealkylation sites (tertiary alicyclic amines) is 1. The summed E-state index contributed by atoms with van der Waals surface area (Å²) in [5, 5.41) is 0. The predicted octanol–water partition coefficient (Wildman–Crippen LogP) is 1.26. The number of rotatable bonds is 5. The third-order valence-electron chi connectivity index (χ3n) is 4.55. The Hall–Kier alpha value is -1.83. The molecule has 2 fully saturated rings. The second-order valence-electron chi connectivity index (χ2n) is 6.50. The Kier molecular flexibility index (Phi) is 4.67. The lowest BCUT2D eigenvalue weighted by atomic mass is 10.1. The van der Waals surface area contributed by atoms with Crippen molar-refractivity contribution in [1.82, 2.24) is 9.88 Å². The Morgan fingerprint density at radius 1 is 1.25 bits per heavy atom. The number of anilines is 1. The van der Waals surface area contributed by atoms with Gasteiger partial charge in [0.05, 0.1) is 18.1 Å². The molecule has 0 aromatic carbocycles. The van der Waals surface area contributed by atoms with Gasteiger partial charge in [0.25, 0.3) is 0 Å². The van der Waals surface area contributed by atoms with Gasteiger partial charge in [-0.15, -0.1) is 0 Å². The number of ether oxygens (including phenoxy) is 1. The van der Waals surface area contributed by atoms with Crippen LogP contribution in [0.3, 0.4) is 0 Å². The van der Waals surface area contributed by atoms with Gasteiger partial charge in [-0.1, -0.05) is 0 Å². The fourth-order valence-electron chi connectivity index (χ4n) is 2.77. The third kappa shape index (κ3) is 3.98. The Morgan fingerprint density at radius 2 is 1.92 bits per heavy atom. The van der Waals surface area contributed by atoms with Crippen LogP contribution in [0.2, 0.25) is 0 Å². The molecule has 1 amide bonds. The van der Waals surface area contributed by atoms with Gasteiger partial charge in [-0.25, -0.2) is 13.4 Å². The number of amides is 1. The highest BCUT2D eigenvalue weighted by Crippen LogP contribution is 2.32. The van der Waals surface area contributed by atoms with Crippen molar-refractivity contribution in [2.45, 2.75) is 31.8 Å². The van der Waals surface area contributed by atoms with Crippen LogP contribution in [-0.4, -0.2) is 56.7 Å². The van der Waals surface area contributed by atoms with E-state index in [1.165, 1.54) is 17.5 Å². The Morgan fingerprint density at radius 3 is 2.42 bits per heavy atom. The second-order valence-corrected chi connectivity index (χ2v) is 8.52.